The van der Waals surface area contributed by atoms with Gasteiger partial charge in [0.2, 0.25) is 0 Å². The molecule has 1 aromatic carbocycles. The molecule has 5 heteroatoms. The molecule has 1 heterocycles. The van der Waals surface area contributed by atoms with Gasteiger partial charge in [-0.25, -0.2) is 4.39 Å². The van der Waals surface area contributed by atoms with Crippen LogP contribution in [0.3, 0.4) is 0 Å². The highest BCUT2D eigenvalue weighted by Gasteiger charge is 2.18. The smallest absolute Gasteiger partial charge is 0.127 e. The summed E-state index contributed by atoms with van der Waals surface area (Å²) in [4.78, 5) is 2.26. The molecule has 1 aliphatic heterocycles. The third kappa shape index (κ3) is 4.09. The van der Waals surface area contributed by atoms with E-state index >= 15 is 0 Å². The molecule has 102 valence electrons. The van der Waals surface area contributed by atoms with E-state index in [2.05, 4.69) is 4.90 Å². The molecule has 0 amide bonds. The number of hydrogen-bond acceptors (Lipinski definition) is 2. The average molecular weight is 293 g/mol. The average Bonchev–Trinajstić information content (AvgIpc) is 2.35. The van der Waals surface area contributed by atoms with Gasteiger partial charge in [0.15, 0.2) is 0 Å². The minimum absolute atomic E-state index is 0. The number of nitrogens with two attached hydrogens (primary N) is 1. The predicted octanol–water partition coefficient (Wildman–Crippen LogP) is 3.07. The van der Waals surface area contributed by atoms with Crippen molar-refractivity contribution in [1.29, 1.82) is 0 Å². The summed E-state index contributed by atoms with van der Waals surface area (Å²) in [5.41, 5.74) is 6.33. The van der Waals surface area contributed by atoms with Gasteiger partial charge in [-0.2, -0.15) is 0 Å². The second-order valence-electron chi connectivity index (χ2n) is 4.69. The third-order valence-electron chi connectivity index (χ3n) is 3.44. The lowest BCUT2D eigenvalue weighted by atomic mass is 9.97. The molecule has 1 fully saturated rings. The number of likely N-dealkylation sites (tertiary alicyclic amines) is 1. The summed E-state index contributed by atoms with van der Waals surface area (Å²) in [6, 6.07) is 4.73. The van der Waals surface area contributed by atoms with Crippen molar-refractivity contribution in [2.75, 3.05) is 19.6 Å². The molecule has 2 N–H and O–H groups in total. The monoisotopic (exact) mass is 292 g/mol. The standard InChI is InChI=1S/C13H18ClFN2.ClH/c14-12-1-2-13(15)11(7-12)9-17-5-3-10(8-16)4-6-17;/h1-2,7,10H,3-6,8-9,16H2;1H. The summed E-state index contributed by atoms with van der Waals surface area (Å²) in [5, 5.41) is 0.596. The SMILES string of the molecule is Cl.NCC1CCN(Cc2cc(Cl)ccc2F)CC1. The Morgan fingerprint density at radius 2 is 2.00 bits per heavy atom. The molecule has 0 bridgehead atoms. The zero-order valence-corrected chi connectivity index (χ0v) is 11.8. The van der Waals surface area contributed by atoms with Crippen molar-refractivity contribution >= 4 is 24.0 Å². The van der Waals surface area contributed by atoms with Crippen LogP contribution in [-0.4, -0.2) is 24.5 Å². The molecule has 1 aromatic rings. The van der Waals surface area contributed by atoms with E-state index in [-0.39, 0.29) is 18.2 Å². The summed E-state index contributed by atoms with van der Waals surface area (Å²) in [6.45, 7) is 3.39. The summed E-state index contributed by atoms with van der Waals surface area (Å²) in [6.07, 6.45) is 2.22. The molecule has 0 spiro atoms. The highest BCUT2D eigenvalue weighted by molar-refractivity contribution is 6.30. The number of benzene rings is 1. The van der Waals surface area contributed by atoms with Gasteiger partial charge in [0, 0.05) is 17.1 Å². The maximum Gasteiger partial charge on any atom is 0.127 e. The minimum Gasteiger partial charge on any atom is -0.330 e. The van der Waals surface area contributed by atoms with Crippen LogP contribution < -0.4 is 5.73 Å². The largest absolute Gasteiger partial charge is 0.330 e. The van der Waals surface area contributed by atoms with Crippen LogP contribution in [0.25, 0.3) is 0 Å². The first-order valence-corrected chi connectivity index (χ1v) is 6.43. The van der Waals surface area contributed by atoms with Crippen LogP contribution in [-0.2, 0) is 6.54 Å². The quantitative estimate of drug-likeness (QED) is 0.928. The lowest BCUT2D eigenvalue weighted by Crippen LogP contribution is -2.35. The molecule has 2 nitrogen and oxygen atoms in total. The second-order valence-corrected chi connectivity index (χ2v) is 5.13. The molecule has 1 saturated heterocycles. The lowest BCUT2D eigenvalue weighted by Gasteiger charge is -2.31. The van der Waals surface area contributed by atoms with E-state index in [1.54, 1.807) is 12.1 Å². The van der Waals surface area contributed by atoms with Gasteiger partial charge in [-0.3, -0.25) is 4.90 Å². The Hall–Kier alpha value is -0.350. The highest BCUT2D eigenvalue weighted by atomic mass is 35.5. The van der Waals surface area contributed by atoms with Gasteiger partial charge in [0.05, 0.1) is 0 Å². The molecule has 0 atom stereocenters. The van der Waals surface area contributed by atoms with Gasteiger partial charge >= 0.3 is 0 Å². The first-order valence-electron chi connectivity index (χ1n) is 6.05. The number of rotatable bonds is 3. The number of halogens is 3. The number of hydrogen-bond donors (Lipinski definition) is 1. The Morgan fingerprint density at radius 1 is 1.33 bits per heavy atom. The molecule has 0 unspecified atom stereocenters. The van der Waals surface area contributed by atoms with Crippen molar-refractivity contribution in [2.45, 2.75) is 19.4 Å². The molecule has 0 aromatic heterocycles. The topological polar surface area (TPSA) is 29.3 Å². The maximum atomic E-state index is 13.6. The van der Waals surface area contributed by atoms with E-state index in [0.29, 0.717) is 23.0 Å². The number of nitrogens with zero attached hydrogens (tertiary/aromatic N) is 1. The summed E-state index contributed by atoms with van der Waals surface area (Å²) >= 11 is 5.88. The summed E-state index contributed by atoms with van der Waals surface area (Å²) in [7, 11) is 0. The zero-order chi connectivity index (χ0) is 12.3. The Labute approximate surface area is 119 Å². The Morgan fingerprint density at radius 3 is 2.61 bits per heavy atom. The molecular weight excluding hydrogens is 274 g/mol. The molecule has 0 radical (unpaired) electrons. The van der Waals surface area contributed by atoms with Crippen LogP contribution in [0.5, 0.6) is 0 Å². The fraction of sp³-hybridized carbons (Fsp3) is 0.538. The first kappa shape index (κ1) is 15.7. The number of piperidine rings is 1. The van der Waals surface area contributed by atoms with Crippen LogP contribution >= 0.6 is 24.0 Å². The van der Waals surface area contributed by atoms with E-state index in [1.807, 2.05) is 0 Å². The Balaban J connectivity index is 0.00000162. The molecule has 2 rings (SSSR count). The van der Waals surface area contributed by atoms with Crippen molar-refractivity contribution in [2.24, 2.45) is 11.7 Å². The highest BCUT2D eigenvalue weighted by Crippen LogP contribution is 2.21. The van der Waals surface area contributed by atoms with Crippen LogP contribution in [0.15, 0.2) is 18.2 Å². The fourth-order valence-electron chi connectivity index (χ4n) is 2.29. The van der Waals surface area contributed by atoms with Gasteiger partial charge in [-0.15, -0.1) is 12.4 Å². The second kappa shape index (κ2) is 7.29. The Kier molecular flexibility index (Phi) is 6.36. The van der Waals surface area contributed by atoms with Gasteiger partial charge < -0.3 is 5.73 Å². The third-order valence-corrected chi connectivity index (χ3v) is 3.68. The van der Waals surface area contributed by atoms with Crippen molar-refractivity contribution < 1.29 is 4.39 Å². The predicted molar refractivity (Wildman–Crippen MR) is 75.7 cm³/mol. The van der Waals surface area contributed by atoms with E-state index in [4.69, 9.17) is 17.3 Å². The van der Waals surface area contributed by atoms with Gasteiger partial charge in [-0.1, -0.05) is 11.6 Å². The van der Waals surface area contributed by atoms with Crippen molar-refractivity contribution in [3.8, 4) is 0 Å². The van der Waals surface area contributed by atoms with E-state index in [0.717, 1.165) is 32.5 Å². The fourth-order valence-corrected chi connectivity index (χ4v) is 2.48. The van der Waals surface area contributed by atoms with Crippen molar-refractivity contribution in [1.82, 2.24) is 4.90 Å². The van der Waals surface area contributed by atoms with Crippen LogP contribution in [0.1, 0.15) is 18.4 Å². The molecule has 0 aliphatic carbocycles. The molecule has 18 heavy (non-hydrogen) atoms. The van der Waals surface area contributed by atoms with Gasteiger partial charge in [-0.05, 0) is 56.6 Å². The van der Waals surface area contributed by atoms with Crippen LogP contribution in [0.4, 0.5) is 4.39 Å². The first-order chi connectivity index (χ1) is 8.19. The zero-order valence-electron chi connectivity index (χ0n) is 10.2. The van der Waals surface area contributed by atoms with E-state index in [1.165, 1.54) is 6.07 Å². The van der Waals surface area contributed by atoms with Gasteiger partial charge in [0.1, 0.15) is 5.82 Å². The van der Waals surface area contributed by atoms with Crippen molar-refractivity contribution in [3.05, 3.63) is 34.6 Å². The minimum atomic E-state index is -0.171. The maximum absolute atomic E-state index is 13.6. The van der Waals surface area contributed by atoms with Crippen molar-refractivity contribution in [3.63, 3.8) is 0 Å². The van der Waals surface area contributed by atoms with Crippen LogP contribution in [0.2, 0.25) is 5.02 Å². The molecule has 0 saturated carbocycles. The normalized spacial score (nSPS) is 17.5. The van der Waals surface area contributed by atoms with Crippen LogP contribution in [0, 0.1) is 11.7 Å². The summed E-state index contributed by atoms with van der Waals surface area (Å²) in [5.74, 6) is 0.464. The molecular formula is C13H19Cl2FN2. The van der Waals surface area contributed by atoms with E-state index in [9.17, 15) is 4.39 Å². The van der Waals surface area contributed by atoms with E-state index < -0.39 is 0 Å². The molecule has 1 aliphatic rings. The lowest BCUT2D eigenvalue weighted by molar-refractivity contribution is 0.178. The summed E-state index contributed by atoms with van der Waals surface area (Å²) < 4.78 is 13.6. The van der Waals surface area contributed by atoms with Gasteiger partial charge in [0.25, 0.3) is 0 Å². The Bertz CT molecular complexity index is 379.